The number of carbonyl (C=O) groups excluding carboxylic acids is 2. The van der Waals surface area contributed by atoms with Crippen molar-refractivity contribution >= 4 is 11.8 Å². The maximum Gasteiger partial charge on any atom is 0.223 e. The lowest BCUT2D eigenvalue weighted by Gasteiger charge is -2.31. The van der Waals surface area contributed by atoms with Gasteiger partial charge in [-0.2, -0.15) is 0 Å². The van der Waals surface area contributed by atoms with E-state index < -0.39 is 0 Å². The Morgan fingerprint density at radius 2 is 1.50 bits per heavy atom. The van der Waals surface area contributed by atoms with E-state index in [1.165, 1.54) is 12.8 Å². The molecule has 0 unspecified atom stereocenters. The summed E-state index contributed by atoms with van der Waals surface area (Å²) in [5.41, 5.74) is 0. The van der Waals surface area contributed by atoms with Gasteiger partial charge < -0.3 is 16.0 Å². The summed E-state index contributed by atoms with van der Waals surface area (Å²) < 4.78 is 0. The lowest BCUT2D eigenvalue weighted by Crippen LogP contribution is -2.49. The molecule has 124 valence electrons. The van der Waals surface area contributed by atoms with E-state index >= 15 is 0 Å². The molecule has 0 spiro atoms. The van der Waals surface area contributed by atoms with Crippen LogP contribution in [-0.2, 0) is 9.59 Å². The summed E-state index contributed by atoms with van der Waals surface area (Å²) in [7, 11) is 0. The van der Waals surface area contributed by atoms with Crippen LogP contribution in [0.2, 0.25) is 0 Å². The second-order valence-corrected chi connectivity index (χ2v) is 7.31. The number of hydrogen-bond acceptors (Lipinski definition) is 3. The average molecular weight is 307 g/mol. The molecule has 0 radical (unpaired) electrons. The highest BCUT2D eigenvalue weighted by molar-refractivity contribution is 5.80. The second kappa shape index (κ2) is 7.44. The smallest absolute Gasteiger partial charge is 0.223 e. The minimum absolute atomic E-state index is 0.146. The molecule has 1 saturated heterocycles. The van der Waals surface area contributed by atoms with Crippen LogP contribution in [0.4, 0.5) is 0 Å². The van der Waals surface area contributed by atoms with E-state index in [4.69, 9.17) is 0 Å². The molecule has 5 heteroatoms. The topological polar surface area (TPSA) is 70.2 Å². The third-order valence-electron chi connectivity index (χ3n) is 5.60. The summed E-state index contributed by atoms with van der Waals surface area (Å²) >= 11 is 0. The summed E-state index contributed by atoms with van der Waals surface area (Å²) in [4.78, 5) is 24.3. The van der Waals surface area contributed by atoms with Gasteiger partial charge in [0.2, 0.25) is 11.8 Å². The minimum atomic E-state index is 0.146. The van der Waals surface area contributed by atoms with Crippen LogP contribution < -0.4 is 16.0 Å². The highest BCUT2D eigenvalue weighted by Crippen LogP contribution is 2.27. The molecular weight excluding hydrogens is 278 g/mol. The van der Waals surface area contributed by atoms with Crippen molar-refractivity contribution in [2.75, 3.05) is 19.6 Å². The largest absolute Gasteiger partial charge is 0.355 e. The zero-order valence-electron chi connectivity index (χ0n) is 13.4. The third kappa shape index (κ3) is 4.00. The maximum atomic E-state index is 12.2. The van der Waals surface area contributed by atoms with E-state index in [2.05, 4.69) is 16.0 Å². The van der Waals surface area contributed by atoms with Crippen molar-refractivity contribution in [2.45, 2.75) is 57.4 Å². The van der Waals surface area contributed by atoms with Crippen LogP contribution >= 0.6 is 0 Å². The van der Waals surface area contributed by atoms with Gasteiger partial charge in [0.05, 0.1) is 0 Å². The molecule has 1 heterocycles. The summed E-state index contributed by atoms with van der Waals surface area (Å²) in [6.45, 7) is 2.87. The second-order valence-electron chi connectivity index (χ2n) is 7.31. The third-order valence-corrected chi connectivity index (χ3v) is 5.60. The van der Waals surface area contributed by atoms with Crippen LogP contribution in [0.5, 0.6) is 0 Å². The summed E-state index contributed by atoms with van der Waals surface area (Å²) in [5.74, 6) is 1.48. The molecule has 3 fully saturated rings. The van der Waals surface area contributed by atoms with Crippen molar-refractivity contribution in [1.29, 1.82) is 0 Å². The van der Waals surface area contributed by atoms with E-state index in [0.717, 1.165) is 58.2 Å². The van der Waals surface area contributed by atoms with Crippen LogP contribution in [0, 0.1) is 17.8 Å². The number of carbonyl (C=O) groups is 2. The lowest BCUT2D eigenvalue weighted by atomic mass is 9.85. The zero-order chi connectivity index (χ0) is 15.4. The predicted molar refractivity (Wildman–Crippen MR) is 85.2 cm³/mol. The van der Waals surface area contributed by atoms with Gasteiger partial charge in [0.1, 0.15) is 0 Å². The number of rotatable bonds is 5. The minimum Gasteiger partial charge on any atom is -0.355 e. The molecular formula is C17H29N3O2. The van der Waals surface area contributed by atoms with Gasteiger partial charge in [-0.15, -0.1) is 0 Å². The van der Waals surface area contributed by atoms with Crippen molar-refractivity contribution in [3.8, 4) is 0 Å². The van der Waals surface area contributed by atoms with Crippen LogP contribution in [0.1, 0.15) is 51.4 Å². The first-order valence-electron chi connectivity index (χ1n) is 9.01. The van der Waals surface area contributed by atoms with Crippen molar-refractivity contribution in [1.82, 2.24) is 16.0 Å². The quantitative estimate of drug-likeness (QED) is 0.714. The van der Waals surface area contributed by atoms with E-state index in [1.54, 1.807) is 0 Å². The molecule has 0 aromatic carbocycles. The Kier molecular flexibility index (Phi) is 5.34. The number of hydrogen-bond donors (Lipinski definition) is 3. The average Bonchev–Trinajstić information content (AvgIpc) is 3.00. The van der Waals surface area contributed by atoms with Gasteiger partial charge in [-0.3, -0.25) is 9.59 Å². The van der Waals surface area contributed by atoms with Crippen LogP contribution in [0.3, 0.4) is 0 Å². The van der Waals surface area contributed by atoms with E-state index in [9.17, 15) is 9.59 Å². The fraction of sp³-hybridized carbons (Fsp3) is 0.882. The van der Waals surface area contributed by atoms with Crippen molar-refractivity contribution < 1.29 is 9.59 Å². The Balaban J connectivity index is 1.34. The monoisotopic (exact) mass is 307 g/mol. The van der Waals surface area contributed by atoms with Crippen LogP contribution in [-0.4, -0.2) is 37.5 Å². The van der Waals surface area contributed by atoms with Gasteiger partial charge >= 0.3 is 0 Å². The molecule has 0 bridgehead atoms. The zero-order valence-corrected chi connectivity index (χ0v) is 13.4. The Morgan fingerprint density at radius 1 is 0.864 bits per heavy atom. The summed E-state index contributed by atoms with van der Waals surface area (Å²) in [5, 5.41) is 9.52. The molecule has 0 atom stereocenters. The van der Waals surface area contributed by atoms with E-state index in [1.807, 2.05) is 0 Å². The van der Waals surface area contributed by atoms with Gasteiger partial charge in [-0.05, 0) is 38.5 Å². The van der Waals surface area contributed by atoms with Gasteiger partial charge in [0, 0.05) is 43.4 Å². The van der Waals surface area contributed by atoms with Gasteiger partial charge in [0.15, 0.2) is 0 Å². The SMILES string of the molecule is O=C(NCC1CNC1)C1CCC(NC(=O)C2CCCC2)CC1. The van der Waals surface area contributed by atoms with Crippen LogP contribution in [0.15, 0.2) is 0 Å². The Morgan fingerprint density at radius 3 is 2.09 bits per heavy atom. The molecule has 2 aliphatic carbocycles. The fourth-order valence-electron chi connectivity index (χ4n) is 3.89. The molecule has 2 saturated carbocycles. The first-order chi connectivity index (χ1) is 10.7. The highest BCUT2D eigenvalue weighted by Gasteiger charge is 2.30. The summed E-state index contributed by atoms with van der Waals surface area (Å²) in [6.07, 6.45) is 8.21. The van der Waals surface area contributed by atoms with Crippen molar-refractivity contribution in [2.24, 2.45) is 17.8 Å². The molecule has 0 aromatic heterocycles. The predicted octanol–water partition coefficient (Wildman–Crippen LogP) is 1.19. The fourth-order valence-corrected chi connectivity index (χ4v) is 3.89. The van der Waals surface area contributed by atoms with Gasteiger partial charge in [-0.25, -0.2) is 0 Å². The van der Waals surface area contributed by atoms with Crippen LogP contribution in [0.25, 0.3) is 0 Å². The van der Waals surface area contributed by atoms with E-state index in [-0.39, 0.29) is 29.7 Å². The molecule has 22 heavy (non-hydrogen) atoms. The van der Waals surface area contributed by atoms with Gasteiger partial charge in [0.25, 0.3) is 0 Å². The highest BCUT2D eigenvalue weighted by atomic mass is 16.2. The van der Waals surface area contributed by atoms with Gasteiger partial charge in [-0.1, -0.05) is 12.8 Å². The number of amides is 2. The first kappa shape index (κ1) is 15.8. The molecule has 3 aliphatic rings. The van der Waals surface area contributed by atoms with Crippen molar-refractivity contribution in [3.05, 3.63) is 0 Å². The first-order valence-corrected chi connectivity index (χ1v) is 9.01. The molecule has 3 N–H and O–H groups in total. The normalized spacial score (nSPS) is 29.8. The molecule has 0 aromatic rings. The Labute approximate surface area is 133 Å². The molecule has 3 rings (SSSR count). The maximum absolute atomic E-state index is 12.2. The Hall–Kier alpha value is -1.10. The van der Waals surface area contributed by atoms with Crippen molar-refractivity contribution in [3.63, 3.8) is 0 Å². The molecule has 1 aliphatic heterocycles. The summed E-state index contributed by atoms with van der Waals surface area (Å²) in [6, 6.07) is 0.285. The number of nitrogens with one attached hydrogen (secondary N) is 3. The molecule has 2 amide bonds. The lowest BCUT2D eigenvalue weighted by molar-refractivity contribution is -0.127. The molecule has 5 nitrogen and oxygen atoms in total. The Bertz CT molecular complexity index is 395. The van der Waals surface area contributed by atoms with E-state index in [0.29, 0.717) is 5.92 Å². The standard InChI is InChI=1S/C17H29N3O2/c21-16(19-11-12-9-18-10-12)14-5-7-15(8-6-14)20-17(22)13-3-1-2-4-13/h12-15,18H,1-11H2,(H,19,21)(H,20,22).